The number of nitrogens with zero attached hydrogens (tertiary/aromatic N) is 2. The Labute approximate surface area is 128 Å². The van der Waals surface area contributed by atoms with Crippen molar-refractivity contribution in [2.75, 3.05) is 0 Å². The molecule has 0 radical (unpaired) electrons. The molecular formula is C14H18ClN3OS. The summed E-state index contributed by atoms with van der Waals surface area (Å²) in [7, 11) is 0. The SMILES string of the molecule is CCC(N)(CC)c1nc(CSc2ccc(Cl)cc2)no1. The zero-order valence-electron chi connectivity index (χ0n) is 11.6. The largest absolute Gasteiger partial charge is 0.337 e. The van der Waals surface area contributed by atoms with Gasteiger partial charge in [0, 0.05) is 9.92 Å². The van der Waals surface area contributed by atoms with Crippen LogP contribution in [-0.2, 0) is 11.3 Å². The summed E-state index contributed by atoms with van der Waals surface area (Å²) in [6.07, 6.45) is 1.55. The molecule has 2 aromatic rings. The van der Waals surface area contributed by atoms with Gasteiger partial charge in [0.25, 0.3) is 0 Å². The first-order valence-electron chi connectivity index (χ1n) is 6.57. The topological polar surface area (TPSA) is 64.9 Å². The monoisotopic (exact) mass is 311 g/mol. The Bertz CT molecular complexity index is 552. The summed E-state index contributed by atoms with van der Waals surface area (Å²) in [6, 6.07) is 7.67. The summed E-state index contributed by atoms with van der Waals surface area (Å²) in [6.45, 7) is 4.05. The Morgan fingerprint density at radius 1 is 1.25 bits per heavy atom. The first-order chi connectivity index (χ1) is 9.57. The van der Waals surface area contributed by atoms with E-state index in [4.69, 9.17) is 21.9 Å². The van der Waals surface area contributed by atoms with Gasteiger partial charge in [0.1, 0.15) is 0 Å². The Balaban J connectivity index is 2.01. The van der Waals surface area contributed by atoms with Crippen molar-refractivity contribution >= 4 is 23.4 Å². The fraction of sp³-hybridized carbons (Fsp3) is 0.429. The van der Waals surface area contributed by atoms with Crippen LogP contribution in [0, 0.1) is 0 Å². The van der Waals surface area contributed by atoms with Crippen LogP contribution in [0.1, 0.15) is 38.4 Å². The molecule has 0 saturated carbocycles. The zero-order valence-corrected chi connectivity index (χ0v) is 13.2. The predicted octanol–water partition coefficient (Wildman–Crippen LogP) is 3.99. The fourth-order valence-corrected chi connectivity index (χ4v) is 2.61. The number of aromatic nitrogens is 2. The van der Waals surface area contributed by atoms with Gasteiger partial charge in [0.15, 0.2) is 5.82 Å². The zero-order chi connectivity index (χ0) is 14.6. The number of halogens is 1. The molecule has 0 atom stereocenters. The van der Waals surface area contributed by atoms with Crippen LogP contribution in [0.3, 0.4) is 0 Å². The lowest BCUT2D eigenvalue weighted by molar-refractivity contribution is 0.267. The van der Waals surface area contributed by atoms with Gasteiger partial charge in [0.2, 0.25) is 5.89 Å². The summed E-state index contributed by atoms with van der Waals surface area (Å²) >= 11 is 7.49. The van der Waals surface area contributed by atoms with E-state index in [9.17, 15) is 0 Å². The number of hydrogen-bond acceptors (Lipinski definition) is 5. The van der Waals surface area contributed by atoms with Gasteiger partial charge < -0.3 is 10.3 Å². The van der Waals surface area contributed by atoms with E-state index in [2.05, 4.69) is 10.1 Å². The highest BCUT2D eigenvalue weighted by Crippen LogP contribution is 2.26. The molecule has 0 unspecified atom stereocenters. The number of nitrogens with two attached hydrogens (primary N) is 1. The Morgan fingerprint density at radius 3 is 2.50 bits per heavy atom. The first kappa shape index (κ1) is 15.4. The van der Waals surface area contributed by atoms with Crippen molar-refractivity contribution in [1.29, 1.82) is 0 Å². The van der Waals surface area contributed by atoms with E-state index in [0.29, 0.717) is 17.5 Å². The second-order valence-corrected chi connectivity index (χ2v) is 6.11. The molecule has 0 aliphatic carbocycles. The second-order valence-electron chi connectivity index (χ2n) is 4.62. The van der Waals surface area contributed by atoms with Crippen molar-refractivity contribution in [3.05, 3.63) is 41.0 Å². The minimum atomic E-state index is -0.518. The van der Waals surface area contributed by atoms with E-state index in [1.54, 1.807) is 11.8 Å². The van der Waals surface area contributed by atoms with E-state index in [-0.39, 0.29) is 0 Å². The first-order valence-corrected chi connectivity index (χ1v) is 7.94. The molecule has 6 heteroatoms. The minimum Gasteiger partial charge on any atom is -0.337 e. The third-order valence-electron chi connectivity index (χ3n) is 3.34. The lowest BCUT2D eigenvalue weighted by atomic mass is 9.94. The third kappa shape index (κ3) is 3.53. The summed E-state index contributed by atoms with van der Waals surface area (Å²) in [4.78, 5) is 5.52. The van der Waals surface area contributed by atoms with Gasteiger partial charge in [0.05, 0.1) is 11.3 Å². The van der Waals surface area contributed by atoms with Crippen LogP contribution in [0.4, 0.5) is 0 Å². The molecule has 0 aliphatic heterocycles. The molecule has 0 fully saturated rings. The molecular weight excluding hydrogens is 294 g/mol. The number of thioether (sulfide) groups is 1. The van der Waals surface area contributed by atoms with Crippen molar-refractivity contribution < 1.29 is 4.52 Å². The quantitative estimate of drug-likeness (QED) is 0.817. The van der Waals surface area contributed by atoms with Gasteiger partial charge in [-0.1, -0.05) is 30.6 Å². The molecule has 0 saturated heterocycles. The highest BCUT2D eigenvalue weighted by molar-refractivity contribution is 7.98. The maximum absolute atomic E-state index is 6.24. The number of hydrogen-bond donors (Lipinski definition) is 1. The molecule has 1 heterocycles. The average Bonchev–Trinajstić information content (AvgIpc) is 2.95. The summed E-state index contributed by atoms with van der Waals surface area (Å²) < 4.78 is 5.30. The highest BCUT2D eigenvalue weighted by atomic mass is 35.5. The molecule has 0 bridgehead atoms. The van der Waals surface area contributed by atoms with Gasteiger partial charge in [-0.05, 0) is 37.1 Å². The molecule has 0 spiro atoms. The average molecular weight is 312 g/mol. The molecule has 108 valence electrons. The summed E-state index contributed by atoms with van der Waals surface area (Å²) in [5.41, 5.74) is 5.72. The van der Waals surface area contributed by atoms with Gasteiger partial charge in [-0.25, -0.2) is 0 Å². The second kappa shape index (κ2) is 6.61. The minimum absolute atomic E-state index is 0.518. The standard InChI is InChI=1S/C14H18ClN3OS/c1-3-14(16,4-2)13-17-12(18-19-13)9-20-11-7-5-10(15)6-8-11/h5-8H,3-4,9,16H2,1-2H3. The van der Waals surface area contributed by atoms with Gasteiger partial charge in [-0.15, -0.1) is 11.8 Å². The lowest BCUT2D eigenvalue weighted by Gasteiger charge is -2.20. The van der Waals surface area contributed by atoms with E-state index in [0.717, 1.165) is 22.8 Å². The van der Waals surface area contributed by atoms with Crippen LogP contribution < -0.4 is 5.73 Å². The highest BCUT2D eigenvalue weighted by Gasteiger charge is 2.29. The van der Waals surface area contributed by atoms with E-state index < -0.39 is 5.54 Å². The Kier molecular flexibility index (Phi) is 5.07. The maximum Gasteiger partial charge on any atom is 0.246 e. The molecule has 2 N–H and O–H groups in total. The van der Waals surface area contributed by atoms with Crippen molar-refractivity contribution in [2.24, 2.45) is 5.73 Å². The molecule has 2 rings (SSSR count). The van der Waals surface area contributed by atoms with Gasteiger partial charge >= 0.3 is 0 Å². The Morgan fingerprint density at radius 2 is 1.90 bits per heavy atom. The summed E-state index contributed by atoms with van der Waals surface area (Å²) in [5, 5.41) is 4.73. The van der Waals surface area contributed by atoms with Crippen molar-refractivity contribution in [3.8, 4) is 0 Å². The molecule has 1 aromatic heterocycles. The normalized spacial score (nSPS) is 11.8. The fourth-order valence-electron chi connectivity index (χ4n) is 1.75. The van der Waals surface area contributed by atoms with Crippen LogP contribution in [0.5, 0.6) is 0 Å². The lowest BCUT2D eigenvalue weighted by Crippen LogP contribution is -2.35. The van der Waals surface area contributed by atoms with E-state index in [1.165, 1.54) is 0 Å². The van der Waals surface area contributed by atoms with E-state index >= 15 is 0 Å². The van der Waals surface area contributed by atoms with Gasteiger partial charge in [-0.2, -0.15) is 4.98 Å². The van der Waals surface area contributed by atoms with Crippen molar-refractivity contribution in [2.45, 2.75) is 42.9 Å². The number of rotatable bonds is 6. The molecule has 20 heavy (non-hydrogen) atoms. The van der Waals surface area contributed by atoms with Crippen LogP contribution in [0.2, 0.25) is 5.02 Å². The smallest absolute Gasteiger partial charge is 0.246 e. The predicted molar refractivity (Wildman–Crippen MR) is 81.8 cm³/mol. The van der Waals surface area contributed by atoms with Crippen LogP contribution in [0.15, 0.2) is 33.7 Å². The summed E-state index contributed by atoms with van der Waals surface area (Å²) in [5.74, 6) is 1.83. The molecule has 1 aromatic carbocycles. The van der Waals surface area contributed by atoms with Crippen LogP contribution in [-0.4, -0.2) is 10.1 Å². The molecule has 0 aliphatic rings. The van der Waals surface area contributed by atoms with Gasteiger partial charge in [-0.3, -0.25) is 0 Å². The van der Waals surface area contributed by atoms with Crippen LogP contribution in [0.25, 0.3) is 0 Å². The van der Waals surface area contributed by atoms with Crippen molar-refractivity contribution in [3.63, 3.8) is 0 Å². The van der Waals surface area contributed by atoms with Crippen molar-refractivity contribution in [1.82, 2.24) is 10.1 Å². The Hall–Kier alpha value is -1.04. The number of benzene rings is 1. The molecule has 4 nitrogen and oxygen atoms in total. The molecule has 0 amide bonds. The maximum atomic E-state index is 6.24. The van der Waals surface area contributed by atoms with E-state index in [1.807, 2.05) is 38.1 Å². The third-order valence-corrected chi connectivity index (χ3v) is 4.60. The van der Waals surface area contributed by atoms with Crippen LogP contribution >= 0.6 is 23.4 Å².